The van der Waals surface area contributed by atoms with Gasteiger partial charge in [0.05, 0.1) is 11.4 Å². The monoisotopic (exact) mass is 388 g/mol. The first-order valence-electron chi connectivity index (χ1n) is 7.79. The molecule has 1 aromatic heterocycles. The Labute approximate surface area is 158 Å². The summed E-state index contributed by atoms with van der Waals surface area (Å²) in [5.41, 5.74) is 1.83. The predicted molar refractivity (Wildman–Crippen MR) is 103 cm³/mol. The third-order valence-corrected chi connectivity index (χ3v) is 5.41. The van der Waals surface area contributed by atoms with Crippen LogP contribution in [0.25, 0.3) is 11.3 Å². The molecule has 1 aromatic carbocycles. The zero-order valence-electron chi connectivity index (χ0n) is 14.2. The summed E-state index contributed by atoms with van der Waals surface area (Å²) in [4.78, 5) is 45.6. The average Bonchev–Trinajstić information content (AvgIpc) is 3.16. The molecule has 134 valence electrons. The van der Waals surface area contributed by atoms with Gasteiger partial charge in [-0.3, -0.25) is 19.3 Å². The highest BCUT2D eigenvalue weighted by atomic mass is 32.2. The SMILES string of the molecule is CC(=O)N1CC(=O)N=C1SCC(=O)Nc1nc(-c2ccccc2)c(C)s1. The van der Waals surface area contributed by atoms with Crippen LogP contribution in [0.3, 0.4) is 0 Å². The number of hydrogen-bond donors (Lipinski definition) is 1. The van der Waals surface area contributed by atoms with Crippen molar-refractivity contribution >= 4 is 51.1 Å². The number of amides is 3. The molecule has 1 aliphatic heterocycles. The lowest BCUT2D eigenvalue weighted by molar-refractivity contribution is -0.127. The minimum atomic E-state index is -0.383. The van der Waals surface area contributed by atoms with Gasteiger partial charge in [0, 0.05) is 17.4 Å². The van der Waals surface area contributed by atoms with E-state index in [9.17, 15) is 14.4 Å². The Morgan fingerprint density at radius 3 is 2.73 bits per heavy atom. The van der Waals surface area contributed by atoms with E-state index in [0.717, 1.165) is 27.9 Å². The Balaban J connectivity index is 1.62. The smallest absolute Gasteiger partial charge is 0.268 e. The molecule has 2 heterocycles. The van der Waals surface area contributed by atoms with Gasteiger partial charge in [-0.25, -0.2) is 4.98 Å². The number of benzene rings is 1. The fraction of sp³-hybridized carbons (Fsp3) is 0.235. The molecule has 0 spiro atoms. The lowest BCUT2D eigenvalue weighted by atomic mass is 10.1. The summed E-state index contributed by atoms with van der Waals surface area (Å²) < 4.78 is 0. The Bertz CT molecular complexity index is 893. The van der Waals surface area contributed by atoms with Crippen molar-refractivity contribution in [2.24, 2.45) is 4.99 Å². The van der Waals surface area contributed by atoms with Gasteiger partial charge in [-0.2, -0.15) is 4.99 Å². The maximum Gasteiger partial charge on any atom is 0.268 e. The van der Waals surface area contributed by atoms with Crippen molar-refractivity contribution in [3.05, 3.63) is 35.2 Å². The lowest BCUT2D eigenvalue weighted by Gasteiger charge is -2.13. The zero-order chi connectivity index (χ0) is 18.7. The first kappa shape index (κ1) is 18.3. The van der Waals surface area contributed by atoms with Crippen molar-refractivity contribution in [2.45, 2.75) is 13.8 Å². The topological polar surface area (TPSA) is 91.7 Å². The Kier molecular flexibility index (Phi) is 5.48. The van der Waals surface area contributed by atoms with Crippen LogP contribution in [-0.2, 0) is 14.4 Å². The number of amidine groups is 1. The summed E-state index contributed by atoms with van der Waals surface area (Å²) in [5.74, 6) is -0.888. The summed E-state index contributed by atoms with van der Waals surface area (Å²) in [5, 5.41) is 3.53. The van der Waals surface area contributed by atoms with Crippen molar-refractivity contribution in [1.29, 1.82) is 0 Å². The van der Waals surface area contributed by atoms with Crippen molar-refractivity contribution in [3.8, 4) is 11.3 Å². The number of rotatable bonds is 4. The third-order valence-electron chi connectivity index (χ3n) is 3.55. The number of anilines is 1. The zero-order valence-corrected chi connectivity index (χ0v) is 15.8. The molecule has 0 atom stereocenters. The van der Waals surface area contributed by atoms with Gasteiger partial charge in [0.25, 0.3) is 5.91 Å². The molecule has 0 saturated heterocycles. The largest absolute Gasteiger partial charge is 0.301 e. The molecule has 2 aromatic rings. The van der Waals surface area contributed by atoms with E-state index in [0.29, 0.717) is 5.13 Å². The summed E-state index contributed by atoms with van der Waals surface area (Å²) in [6.45, 7) is 3.25. The number of thiazole rings is 1. The maximum atomic E-state index is 12.2. The summed E-state index contributed by atoms with van der Waals surface area (Å²) in [6, 6.07) is 9.75. The summed E-state index contributed by atoms with van der Waals surface area (Å²) in [7, 11) is 0. The summed E-state index contributed by atoms with van der Waals surface area (Å²) in [6.07, 6.45) is 0. The van der Waals surface area contributed by atoms with Crippen LogP contribution in [0.5, 0.6) is 0 Å². The van der Waals surface area contributed by atoms with Gasteiger partial charge in [-0.05, 0) is 6.92 Å². The number of nitrogens with one attached hydrogen (secondary N) is 1. The second-order valence-corrected chi connectivity index (χ2v) is 7.67. The van der Waals surface area contributed by atoms with Crippen molar-refractivity contribution in [2.75, 3.05) is 17.6 Å². The Morgan fingerprint density at radius 1 is 1.31 bits per heavy atom. The van der Waals surface area contributed by atoms with E-state index >= 15 is 0 Å². The van der Waals surface area contributed by atoms with Crippen LogP contribution in [0.15, 0.2) is 35.3 Å². The third kappa shape index (κ3) is 4.17. The van der Waals surface area contributed by atoms with E-state index in [1.54, 1.807) is 0 Å². The molecule has 1 N–H and O–H groups in total. The highest BCUT2D eigenvalue weighted by molar-refractivity contribution is 8.14. The lowest BCUT2D eigenvalue weighted by Crippen LogP contribution is -2.32. The van der Waals surface area contributed by atoms with E-state index in [1.165, 1.54) is 23.2 Å². The molecule has 7 nitrogen and oxygen atoms in total. The predicted octanol–water partition coefficient (Wildman–Crippen LogP) is 2.53. The molecule has 1 aliphatic rings. The van der Waals surface area contributed by atoms with Crippen LogP contribution >= 0.6 is 23.1 Å². The number of aromatic nitrogens is 1. The molecule has 0 aliphatic carbocycles. The molecule has 0 saturated carbocycles. The van der Waals surface area contributed by atoms with E-state index in [2.05, 4.69) is 15.3 Å². The number of carbonyl (C=O) groups is 3. The van der Waals surface area contributed by atoms with Gasteiger partial charge in [0.1, 0.15) is 6.54 Å². The Hall–Kier alpha value is -2.52. The molecule has 0 bridgehead atoms. The van der Waals surface area contributed by atoms with Crippen LogP contribution in [0.1, 0.15) is 11.8 Å². The van der Waals surface area contributed by atoms with Crippen LogP contribution in [0.4, 0.5) is 5.13 Å². The quantitative estimate of drug-likeness (QED) is 0.869. The van der Waals surface area contributed by atoms with E-state index < -0.39 is 0 Å². The van der Waals surface area contributed by atoms with Crippen LogP contribution in [-0.4, -0.2) is 45.1 Å². The first-order valence-corrected chi connectivity index (χ1v) is 9.59. The van der Waals surface area contributed by atoms with Gasteiger partial charge in [-0.1, -0.05) is 42.1 Å². The standard InChI is InChI=1S/C17H16N4O3S2/c1-10-15(12-6-4-3-5-7-12)20-16(26-10)18-14(24)9-25-17-19-13(23)8-21(17)11(2)22/h3-7H,8-9H2,1-2H3,(H,18,20,24). The first-order chi connectivity index (χ1) is 12.4. The van der Waals surface area contributed by atoms with Gasteiger partial charge < -0.3 is 5.32 Å². The van der Waals surface area contributed by atoms with Gasteiger partial charge >= 0.3 is 0 Å². The molecule has 3 amide bonds. The molecular weight excluding hydrogens is 372 g/mol. The summed E-state index contributed by atoms with van der Waals surface area (Å²) >= 11 is 2.46. The van der Waals surface area contributed by atoms with E-state index in [-0.39, 0.29) is 35.2 Å². The highest BCUT2D eigenvalue weighted by Crippen LogP contribution is 2.30. The molecular formula is C17H16N4O3S2. The second-order valence-electron chi connectivity index (χ2n) is 5.52. The number of nitrogens with zero attached hydrogens (tertiary/aromatic N) is 3. The number of carbonyl (C=O) groups excluding carboxylic acids is 3. The van der Waals surface area contributed by atoms with Gasteiger partial charge in [0.2, 0.25) is 11.8 Å². The minimum Gasteiger partial charge on any atom is -0.301 e. The number of aryl methyl sites for hydroxylation is 1. The number of aliphatic imine (C=N–C) groups is 1. The molecule has 26 heavy (non-hydrogen) atoms. The average molecular weight is 388 g/mol. The molecule has 0 unspecified atom stereocenters. The van der Waals surface area contributed by atoms with Crippen molar-refractivity contribution in [3.63, 3.8) is 0 Å². The van der Waals surface area contributed by atoms with E-state index in [4.69, 9.17) is 0 Å². The molecule has 3 rings (SSSR count). The van der Waals surface area contributed by atoms with Crippen LogP contribution < -0.4 is 5.32 Å². The number of thioether (sulfide) groups is 1. The fourth-order valence-electron chi connectivity index (χ4n) is 2.36. The number of hydrogen-bond acceptors (Lipinski definition) is 6. The van der Waals surface area contributed by atoms with Crippen molar-refractivity contribution in [1.82, 2.24) is 9.88 Å². The molecule has 0 radical (unpaired) electrons. The van der Waals surface area contributed by atoms with Crippen molar-refractivity contribution < 1.29 is 14.4 Å². The molecule has 9 heteroatoms. The Morgan fingerprint density at radius 2 is 2.04 bits per heavy atom. The molecule has 0 fully saturated rings. The van der Waals surface area contributed by atoms with Crippen LogP contribution in [0.2, 0.25) is 0 Å². The minimum absolute atomic E-state index is 0.0369. The van der Waals surface area contributed by atoms with Crippen LogP contribution in [0, 0.1) is 6.92 Å². The highest BCUT2D eigenvalue weighted by Gasteiger charge is 2.27. The fourth-order valence-corrected chi connectivity index (χ4v) is 4.06. The van der Waals surface area contributed by atoms with E-state index in [1.807, 2.05) is 37.3 Å². The maximum absolute atomic E-state index is 12.2. The normalized spacial score (nSPS) is 13.7. The van der Waals surface area contributed by atoms with Gasteiger partial charge in [0.15, 0.2) is 10.3 Å². The van der Waals surface area contributed by atoms with Gasteiger partial charge in [-0.15, -0.1) is 11.3 Å². The second kappa shape index (κ2) is 7.79.